The van der Waals surface area contributed by atoms with Crippen molar-refractivity contribution in [1.82, 2.24) is 0 Å². The van der Waals surface area contributed by atoms with Crippen molar-refractivity contribution in [2.75, 3.05) is 13.7 Å². The van der Waals surface area contributed by atoms with E-state index in [4.69, 9.17) is 4.74 Å². The molecule has 4 unspecified atom stereocenters. The zero-order valence-electron chi connectivity index (χ0n) is 15.4. The first-order valence-corrected chi connectivity index (χ1v) is 9.94. The number of rotatable bonds is 2. The molecule has 0 spiro atoms. The predicted molar refractivity (Wildman–Crippen MR) is 94.4 cm³/mol. The highest BCUT2D eigenvalue weighted by atomic mass is 16.5. The SMILES string of the molecule is COCC1C[C@@H]2[C@H](CC[C@]3(C)C(O)CC[C@@H]23)[C@@]2(C)C=CC(O)CC12. The Balaban J connectivity index is 1.70. The van der Waals surface area contributed by atoms with Crippen LogP contribution in [0.4, 0.5) is 0 Å². The standard InChI is InChI=1S/C21H34O3/c1-20-8-6-14(22)11-18(20)13(12-24-3)10-15-16-4-5-19(23)21(16,2)9-7-17(15)20/h6,8,13-19,22-23H,4-5,7,9-12H2,1-3H3/t13?,14?,15-,16-,17-,18?,19?,20+,21-/m0/s1. The molecule has 9 atom stereocenters. The zero-order chi connectivity index (χ0) is 17.1. The largest absolute Gasteiger partial charge is 0.393 e. The van der Waals surface area contributed by atoms with Crippen LogP contribution >= 0.6 is 0 Å². The molecule has 4 rings (SSSR count). The molecular formula is C21H34O3. The lowest BCUT2D eigenvalue weighted by molar-refractivity contribution is -0.129. The molecule has 2 N–H and O–H groups in total. The van der Waals surface area contributed by atoms with E-state index in [9.17, 15) is 10.2 Å². The van der Waals surface area contributed by atoms with Gasteiger partial charge in [-0.15, -0.1) is 0 Å². The maximum Gasteiger partial charge on any atom is 0.0724 e. The third-order valence-corrected chi connectivity index (χ3v) is 8.68. The molecule has 24 heavy (non-hydrogen) atoms. The van der Waals surface area contributed by atoms with E-state index in [1.165, 1.54) is 19.3 Å². The molecule has 4 aliphatic rings. The van der Waals surface area contributed by atoms with Crippen LogP contribution in [0.15, 0.2) is 12.2 Å². The van der Waals surface area contributed by atoms with Crippen LogP contribution in [0, 0.1) is 40.4 Å². The molecule has 3 fully saturated rings. The zero-order valence-corrected chi connectivity index (χ0v) is 15.4. The molecule has 0 saturated heterocycles. The molecule has 0 bridgehead atoms. The lowest BCUT2D eigenvalue weighted by Crippen LogP contribution is -2.56. The molecule has 0 aromatic rings. The van der Waals surface area contributed by atoms with Gasteiger partial charge in [0.05, 0.1) is 12.2 Å². The van der Waals surface area contributed by atoms with Crippen LogP contribution in [0.3, 0.4) is 0 Å². The van der Waals surface area contributed by atoms with Crippen LogP contribution in [-0.4, -0.2) is 36.1 Å². The second-order valence-electron chi connectivity index (χ2n) is 9.60. The summed E-state index contributed by atoms with van der Waals surface area (Å²) in [5.41, 5.74) is 0.306. The van der Waals surface area contributed by atoms with E-state index in [0.29, 0.717) is 29.6 Å². The van der Waals surface area contributed by atoms with Crippen molar-refractivity contribution in [3.05, 3.63) is 12.2 Å². The Labute approximate surface area is 146 Å². The van der Waals surface area contributed by atoms with Crippen molar-refractivity contribution >= 4 is 0 Å². The van der Waals surface area contributed by atoms with Gasteiger partial charge in [0.1, 0.15) is 0 Å². The number of fused-ring (bicyclic) bond motifs is 5. The third-order valence-electron chi connectivity index (χ3n) is 8.68. The monoisotopic (exact) mass is 334 g/mol. The fourth-order valence-electron chi connectivity index (χ4n) is 7.41. The first-order chi connectivity index (χ1) is 11.4. The minimum Gasteiger partial charge on any atom is -0.393 e. The van der Waals surface area contributed by atoms with E-state index in [1.54, 1.807) is 0 Å². The molecule has 0 radical (unpaired) electrons. The number of allylic oxidation sites excluding steroid dienone is 1. The Morgan fingerprint density at radius 1 is 1.04 bits per heavy atom. The maximum absolute atomic E-state index is 10.6. The van der Waals surface area contributed by atoms with Crippen molar-refractivity contribution in [1.29, 1.82) is 0 Å². The Bertz CT molecular complexity index is 517. The number of hydrogen-bond acceptors (Lipinski definition) is 3. The minimum atomic E-state index is -0.291. The molecule has 0 amide bonds. The van der Waals surface area contributed by atoms with Crippen LogP contribution in [0.25, 0.3) is 0 Å². The van der Waals surface area contributed by atoms with Gasteiger partial charge in [0.25, 0.3) is 0 Å². The average Bonchev–Trinajstić information content (AvgIpc) is 2.85. The van der Waals surface area contributed by atoms with Crippen molar-refractivity contribution < 1.29 is 14.9 Å². The van der Waals surface area contributed by atoms with Crippen LogP contribution in [0.5, 0.6) is 0 Å². The maximum atomic E-state index is 10.6. The summed E-state index contributed by atoms with van der Waals surface area (Å²) in [6.45, 7) is 5.58. The van der Waals surface area contributed by atoms with Gasteiger partial charge in [-0.3, -0.25) is 0 Å². The number of hydrogen-bond donors (Lipinski definition) is 2. The van der Waals surface area contributed by atoms with Crippen molar-refractivity contribution in [3.8, 4) is 0 Å². The second kappa shape index (κ2) is 5.82. The lowest BCUT2D eigenvalue weighted by atomic mass is 9.44. The first kappa shape index (κ1) is 17.1. The topological polar surface area (TPSA) is 49.7 Å². The Morgan fingerprint density at radius 2 is 1.83 bits per heavy atom. The molecule has 3 nitrogen and oxygen atoms in total. The van der Waals surface area contributed by atoms with Crippen molar-refractivity contribution in [2.24, 2.45) is 40.4 Å². The quantitative estimate of drug-likeness (QED) is 0.761. The van der Waals surface area contributed by atoms with Crippen LogP contribution in [0.1, 0.15) is 52.4 Å². The van der Waals surface area contributed by atoms with Crippen LogP contribution < -0.4 is 0 Å². The van der Waals surface area contributed by atoms with Gasteiger partial charge in [0.2, 0.25) is 0 Å². The highest BCUT2D eigenvalue weighted by Gasteiger charge is 2.61. The molecule has 3 heteroatoms. The van der Waals surface area contributed by atoms with E-state index in [2.05, 4.69) is 19.9 Å². The minimum absolute atomic E-state index is 0.112. The molecule has 4 aliphatic carbocycles. The van der Waals surface area contributed by atoms with E-state index in [-0.39, 0.29) is 23.0 Å². The first-order valence-electron chi connectivity index (χ1n) is 9.94. The summed E-state index contributed by atoms with van der Waals surface area (Å²) in [6.07, 6.45) is 10.6. The Morgan fingerprint density at radius 3 is 2.58 bits per heavy atom. The number of aliphatic hydroxyl groups is 2. The highest BCUT2D eigenvalue weighted by Crippen LogP contribution is 2.66. The lowest BCUT2D eigenvalue weighted by Gasteiger charge is -2.61. The van der Waals surface area contributed by atoms with Gasteiger partial charge in [0.15, 0.2) is 0 Å². The summed E-state index contributed by atoms with van der Waals surface area (Å²) < 4.78 is 5.59. The van der Waals surface area contributed by atoms with E-state index in [0.717, 1.165) is 25.9 Å². The number of aliphatic hydroxyl groups excluding tert-OH is 2. The molecule has 0 aromatic carbocycles. The van der Waals surface area contributed by atoms with Gasteiger partial charge in [-0.25, -0.2) is 0 Å². The predicted octanol–water partition coefficient (Wildman–Crippen LogP) is 3.40. The highest BCUT2D eigenvalue weighted by molar-refractivity contribution is 5.18. The van der Waals surface area contributed by atoms with Gasteiger partial charge in [-0.05, 0) is 78.9 Å². The normalized spacial score (nSPS) is 56.5. The van der Waals surface area contributed by atoms with E-state index < -0.39 is 0 Å². The second-order valence-corrected chi connectivity index (χ2v) is 9.60. The third kappa shape index (κ3) is 2.27. The summed E-state index contributed by atoms with van der Waals surface area (Å²) in [4.78, 5) is 0. The van der Waals surface area contributed by atoms with E-state index in [1.807, 2.05) is 13.2 Å². The summed E-state index contributed by atoms with van der Waals surface area (Å²) in [5, 5.41) is 20.8. The molecule has 136 valence electrons. The van der Waals surface area contributed by atoms with Gasteiger partial charge < -0.3 is 14.9 Å². The van der Waals surface area contributed by atoms with Gasteiger partial charge >= 0.3 is 0 Å². The summed E-state index contributed by atoms with van der Waals surface area (Å²) in [5.74, 6) is 3.10. The van der Waals surface area contributed by atoms with Gasteiger partial charge in [-0.1, -0.05) is 26.0 Å². The van der Waals surface area contributed by atoms with Crippen molar-refractivity contribution in [2.45, 2.75) is 64.6 Å². The fourth-order valence-corrected chi connectivity index (χ4v) is 7.41. The summed E-state index contributed by atoms with van der Waals surface area (Å²) in [6, 6.07) is 0. The summed E-state index contributed by atoms with van der Waals surface area (Å²) >= 11 is 0. The summed E-state index contributed by atoms with van der Waals surface area (Å²) in [7, 11) is 1.81. The van der Waals surface area contributed by atoms with E-state index >= 15 is 0 Å². The number of ether oxygens (including phenoxy) is 1. The Hall–Kier alpha value is -0.380. The molecule has 0 aliphatic heterocycles. The average molecular weight is 335 g/mol. The molecule has 0 aromatic heterocycles. The molecule has 0 heterocycles. The molecular weight excluding hydrogens is 300 g/mol. The van der Waals surface area contributed by atoms with Crippen molar-refractivity contribution in [3.63, 3.8) is 0 Å². The smallest absolute Gasteiger partial charge is 0.0724 e. The van der Waals surface area contributed by atoms with Crippen LogP contribution in [-0.2, 0) is 4.74 Å². The van der Waals surface area contributed by atoms with Gasteiger partial charge in [-0.2, -0.15) is 0 Å². The van der Waals surface area contributed by atoms with Gasteiger partial charge in [0, 0.05) is 13.7 Å². The molecule has 3 saturated carbocycles. The fraction of sp³-hybridized carbons (Fsp3) is 0.905. The number of methoxy groups -OCH3 is 1. The Kier molecular flexibility index (Phi) is 4.14. The van der Waals surface area contributed by atoms with Crippen LogP contribution in [0.2, 0.25) is 0 Å².